The van der Waals surface area contributed by atoms with Gasteiger partial charge in [-0.3, -0.25) is 9.47 Å². The van der Waals surface area contributed by atoms with Crippen molar-refractivity contribution in [2.75, 3.05) is 13.1 Å². The summed E-state index contributed by atoms with van der Waals surface area (Å²) in [7, 11) is -1.22. The number of hydrogen-bond acceptors (Lipinski definition) is 3. The number of nitrogens with zero attached hydrogens (tertiary/aromatic N) is 2. The van der Waals surface area contributed by atoms with E-state index in [9.17, 15) is 4.79 Å². The molecular weight excluding hydrogens is 438 g/mol. The van der Waals surface area contributed by atoms with Gasteiger partial charge in [0.15, 0.2) is 9.04 Å². The molecule has 6 heteroatoms. The minimum Gasteiger partial charge on any atom is -0.416 e. The van der Waals surface area contributed by atoms with Crippen molar-refractivity contribution in [2.24, 2.45) is 11.3 Å². The van der Waals surface area contributed by atoms with Crippen LogP contribution in [0.1, 0.15) is 84.6 Å². The first-order valence-corrected chi connectivity index (χ1v) is 16.6. The Bertz CT molecular complexity index is 968. The van der Waals surface area contributed by atoms with E-state index in [4.69, 9.17) is 4.43 Å². The minimum absolute atomic E-state index is 0.0323. The predicted molar refractivity (Wildman–Crippen MR) is 145 cm³/mol. The van der Waals surface area contributed by atoms with Gasteiger partial charge in [-0.05, 0) is 62.2 Å². The van der Waals surface area contributed by atoms with E-state index in [-0.39, 0.29) is 23.3 Å². The number of nitrogens with one attached hydrogen (secondary N) is 1. The van der Waals surface area contributed by atoms with E-state index in [0.29, 0.717) is 6.04 Å². The fraction of sp³-hybridized carbons (Fsp3) is 0.750. The Morgan fingerprint density at radius 1 is 1.06 bits per heavy atom. The molecule has 1 N–H and O–H groups in total. The summed E-state index contributed by atoms with van der Waals surface area (Å²) in [6, 6.07) is 8.70. The molecule has 2 aromatic rings. The first-order valence-electron chi connectivity index (χ1n) is 13.8. The van der Waals surface area contributed by atoms with Crippen LogP contribution < -0.4 is 5.69 Å². The van der Waals surface area contributed by atoms with Gasteiger partial charge in [-0.1, -0.05) is 65.0 Å². The summed E-state index contributed by atoms with van der Waals surface area (Å²) in [4.78, 5) is 18.9. The van der Waals surface area contributed by atoms with Crippen molar-refractivity contribution in [3.8, 4) is 0 Å². The summed E-state index contributed by atoms with van der Waals surface area (Å²) in [5.74, 6) is 0.798. The van der Waals surface area contributed by atoms with Gasteiger partial charge in [-0.2, -0.15) is 0 Å². The molecule has 0 spiro atoms. The molecular formula is C28H47N3O2Si. The first kappa shape index (κ1) is 25.7. The molecule has 1 saturated heterocycles. The average Bonchev–Trinajstić information content (AvgIpc) is 3.09. The summed E-state index contributed by atoms with van der Waals surface area (Å²) >= 11 is 0. The van der Waals surface area contributed by atoms with Crippen LogP contribution in [-0.4, -0.2) is 48.7 Å². The maximum absolute atomic E-state index is 13.0. The molecule has 2 aliphatic rings. The summed E-state index contributed by atoms with van der Waals surface area (Å²) in [6.45, 7) is 13.8. The van der Waals surface area contributed by atoms with Gasteiger partial charge in [0.25, 0.3) is 0 Å². The highest BCUT2D eigenvalue weighted by atomic mass is 28.3. The third kappa shape index (κ3) is 6.06. The number of aromatic nitrogens is 2. The van der Waals surface area contributed by atoms with Gasteiger partial charge < -0.3 is 9.41 Å². The van der Waals surface area contributed by atoms with Crippen LogP contribution in [0.15, 0.2) is 29.1 Å². The highest BCUT2D eigenvalue weighted by Crippen LogP contribution is 2.38. The second-order valence-corrected chi connectivity index (χ2v) is 14.6. The highest BCUT2D eigenvalue weighted by molar-refractivity contribution is 6.48. The number of likely N-dealkylation sites (tertiary alicyclic amines) is 1. The number of imidazole rings is 1. The average molecular weight is 486 g/mol. The second-order valence-electron chi connectivity index (χ2n) is 12.2. The first-order chi connectivity index (χ1) is 16.2. The van der Waals surface area contributed by atoms with Crippen LogP contribution in [0.25, 0.3) is 11.0 Å². The molecule has 3 atom stereocenters. The van der Waals surface area contributed by atoms with Gasteiger partial charge in [-0.25, -0.2) is 4.79 Å². The maximum Gasteiger partial charge on any atom is 0.326 e. The van der Waals surface area contributed by atoms with Crippen LogP contribution in [0, 0.1) is 11.3 Å². The van der Waals surface area contributed by atoms with Crippen LogP contribution in [-0.2, 0) is 4.43 Å². The number of para-hydroxylation sites is 2. The fourth-order valence-corrected chi connectivity index (χ4v) is 7.64. The van der Waals surface area contributed by atoms with E-state index in [0.717, 1.165) is 36.3 Å². The summed E-state index contributed by atoms with van der Waals surface area (Å²) < 4.78 is 8.85. The third-order valence-corrected chi connectivity index (χ3v) is 8.90. The molecule has 1 aliphatic carbocycles. The van der Waals surface area contributed by atoms with Crippen LogP contribution in [0.2, 0.25) is 13.1 Å². The Labute approximate surface area is 208 Å². The lowest BCUT2D eigenvalue weighted by atomic mass is 9.79. The third-order valence-electron chi connectivity index (χ3n) is 8.06. The van der Waals surface area contributed by atoms with Gasteiger partial charge >= 0.3 is 5.69 Å². The quantitative estimate of drug-likeness (QED) is 0.502. The highest BCUT2D eigenvalue weighted by Gasteiger charge is 2.42. The summed E-state index contributed by atoms with van der Waals surface area (Å²) in [6.07, 6.45) is 11.9. The smallest absolute Gasteiger partial charge is 0.326 e. The monoisotopic (exact) mass is 485 g/mol. The SMILES string of the molecule is C[SiH](C)OC(C1CC(n2c(=O)[nH]c3ccccc32)CCN1CC1CCCCCCC1)C(C)(C)C. The van der Waals surface area contributed by atoms with E-state index < -0.39 is 9.04 Å². The number of aromatic amines is 1. The largest absolute Gasteiger partial charge is 0.416 e. The number of piperidine rings is 1. The minimum atomic E-state index is -1.22. The Kier molecular flexibility index (Phi) is 8.42. The lowest BCUT2D eigenvalue weighted by Crippen LogP contribution is -2.56. The molecule has 2 fully saturated rings. The van der Waals surface area contributed by atoms with Crippen molar-refractivity contribution in [1.29, 1.82) is 0 Å². The van der Waals surface area contributed by atoms with E-state index in [1.54, 1.807) is 0 Å². The van der Waals surface area contributed by atoms with Crippen molar-refractivity contribution < 1.29 is 4.43 Å². The van der Waals surface area contributed by atoms with E-state index in [2.05, 4.69) is 49.8 Å². The van der Waals surface area contributed by atoms with Crippen LogP contribution in [0.4, 0.5) is 0 Å². The normalized spacial score (nSPS) is 24.9. The number of rotatable bonds is 6. The molecule has 0 bridgehead atoms. The standard InChI is InChI=1S/C28H47N3O2Si/c1-28(2,3)26(33-34(4)5)25-19-22(31-24-16-12-11-15-23(24)29-27(31)32)17-18-30(25)20-21-13-9-7-6-8-10-14-21/h11-12,15-16,21-22,25-26,34H,6-10,13-14,17-20H2,1-5H3,(H,29,32). The van der Waals surface area contributed by atoms with Crippen molar-refractivity contribution >= 4 is 20.1 Å². The molecule has 1 aliphatic heterocycles. The number of H-pyrrole nitrogens is 1. The zero-order chi connectivity index (χ0) is 24.3. The molecule has 1 aromatic heterocycles. The van der Waals surface area contributed by atoms with Crippen molar-refractivity contribution in [1.82, 2.24) is 14.5 Å². The Hall–Kier alpha value is -1.37. The van der Waals surface area contributed by atoms with Gasteiger partial charge in [0.2, 0.25) is 0 Å². The van der Waals surface area contributed by atoms with E-state index in [1.807, 2.05) is 22.8 Å². The number of benzene rings is 1. The van der Waals surface area contributed by atoms with Crippen LogP contribution in [0.5, 0.6) is 0 Å². The van der Waals surface area contributed by atoms with Crippen LogP contribution in [0.3, 0.4) is 0 Å². The molecule has 1 saturated carbocycles. The number of hydrogen-bond donors (Lipinski definition) is 1. The molecule has 0 radical (unpaired) electrons. The van der Waals surface area contributed by atoms with Crippen molar-refractivity contribution in [3.05, 3.63) is 34.7 Å². The zero-order valence-corrected chi connectivity index (χ0v) is 23.3. The van der Waals surface area contributed by atoms with Gasteiger partial charge in [0, 0.05) is 25.2 Å². The molecule has 4 rings (SSSR count). The molecule has 190 valence electrons. The summed E-state index contributed by atoms with van der Waals surface area (Å²) in [5.41, 5.74) is 2.08. The molecule has 5 nitrogen and oxygen atoms in total. The van der Waals surface area contributed by atoms with Crippen LogP contribution >= 0.6 is 0 Å². The van der Waals surface area contributed by atoms with Gasteiger partial charge in [0.1, 0.15) is 0 Å². The Morgan fingerprint density at radius 3 is 2.41 bits per heavy atom. The lowest BCUT2D eigenvalue weighted by Gasteiger charge is -2.49. The van der Waals surface area contributed by atoms with E-state index in [1.165, 1.54) is 51.5 Å². The molecule has 2 heterocycles. The molecule has 3 unspecified atom stereocenters. The topological polar surface area (TPSA) is 50.3 Å². The van der Waals surface area contributed by atoms with Gasteiger partial charge in [-0.15, -0.1) is 0 Å². The van der Waals surface area contributed by atoms with E-state index >= 15 is 0 Å². The van der Waals surface area contributed by atoms with Crippen molar-refractivity contribution in [2.45, 2.75) is 110 Å². The predicted octanol–water partition coefficient (Wildman–Crippen LogP) is 6.11. The maximum atomic E-state index is 13.0. The summed E-state index contributed by atoms with van der Waals surface area (Å²) in [5, 5.41) is 0. The Morgan fingerprint density at radius 2 is 1.74 bits per heavy atom. The molecule has 1 aromatic carbocycles. The fourth-order valence-electron chi connectivity index (χ4n) is 6.46. The number of fused-ring (bicyclic) bond motifs is 1. The lowest BCUT2D eigenvalue weighted by molar-refractivity contribution is -0.0359. The molecule has 0 amide bonds. The van der Waals surface area contributed by atoms with Gasteiger partial charge in [0.05, 0.1) is 17.1 Å². The molecule has 34 heavy (non-hydrogen) atoms. The zero-order valence-electron chi connectivity index (χ0n) is 22.2. The second kappa shape index (κ2) is 11.1. The van der Waals surface area contributed by atoms with Crippen molar-refractivity contribution in [3.63, 3.8) is 0 Å². The Balaban J connectivity index is 1.63.